The van der Waals surface area contributed by atoms with Crippen LogP contribution < -0.4 is 0 Å². The van der Waals surface area contributed by atoms with Gasteiger partial charge < -0.3 is 4.90 Å². The van der Waals surface area contributed by atoms with Crippen molar-refractivity contribution in [3.05, 3.63) is 66.6 Å². The molecule has 0 amide bonds. The fraction of sp³-hybridized carbons (Fsp3) is 0.364. The van der Waals surface area contributed by atoms with Gasteiger partial charge in [-0.05, 0) is 68.6 Å². The van der Waals surface area contributed by atoms with Gasteiger partial charge in [0.25, 0.3) is 0 Å². The number of aromatic nitrogens is 3. The Morgan fingerprint density at radius 1 is 0.962 bits per heavy atom. The third-order valence-corrected chi connectivity index (χ3v) is 6.07. The molecule has 2 bridgehead atoms. The molecule has 0 radical (unpaired) electrons. The third kappa shape index (κ3) is 2.74. The molecule has 2 aliphatic rings. The zero-order valence-corrected chi connectivity index (χ0v) is 15.0. The summed E-state index contributed by atoms with van der Waals surface area (Å²) < 4.78 is 1.88. The fourth-order valence-electron chi connectivity index (χ4n) is 4.75. The van der Waals surface area contributed by atoms with Crippen molar-refractivity contribution >= 4 is 0 Å². The average molecular weight is 344 g/mol. The Morgan fingerprint density at radius 2 is 1.85 bits per heavy atom. The van der Waals surface area contributed by atoms with Crippen LogP contribution in [0.25, 0.3) is 16.9 Å². The monoisotopic (exact) mass is 344 g/mol. The highest BCUT2D eigenvalue weighted by Gasteiger charge is 2.39. The van der Waals surface area contributed by atoms with E-state index in [1.54, 1.807) is 6.20 Å². The molecule has 2 fully saturated rings. The number of nitrogens with zero attached hydrogens (tertiary/aromatic N) is 4. The molecule has 0 N–H and O–H groups in total. The van der Waals surface area contributed by atoms with Gasteiger partial charge in [-0.25, -0.2) is 4.68 Å². The Morgan fingerprint density at radius 3 is 2.58 bits per heavy atom. The Balaban J connectivity index is 1.45. The lowest BCUT2D eigenvalue weighted by Gasteiger charge is -2.47. The first kappa shape index (κ1) is 15.8. The molecule has 132 valence electrons. The Bertz CT molecular complexity index is 873. The highest BCUT2D eigenvalue weighted by atomic mass is 15.3. The van der Waals surface area contributed by atoms with Crippen LogP contribution in [-0.4, -0.2) is 39.3 Å². The number of hydrogen-bond donors (Lipinski definition) is 0. The first-order chi connectivity index (χ1) is 12.8. The fourth-order valence-corrected chi connectivity index (χ4v) is 4.75. The number of fused-ring (bicyclic) bond motifs is 2. The van der Waals surface area contributed by atoms with Crippen LogP contribution in [0, 0.1) is 0 Å². The summed E-state index contributed by atoms with van der Waals surface area (Å²) in [6.07, 6.45) is 11.1. The molecule has 4 nitrogen and oxygen atoms in total. The highest BCUT2D eigenvalue weighted by Crippen LogP contribution is 2.41. The number of benzene rings is 1. The van der Waals surface area contributed by atoms with Crippen molar-refractivity contribution < 1.29 is 0 Å². The summed E-state index contributed by atoms with van der Waals surface area (Å²) in [6, 6.07) is 14.9. The third-order valence-electron chi connectivity index (χ3n) is 6.07. The molecule has 4 heteroatoms. The molecule has 2 aromatic heterocycles. The number of hydrogen-bond acceptors (Lipinski definition) is 3. The predicted octanol–water partition coefficient (Wildman–Crippen LogP) is 4.06. The van der Waals surface area contributed by atoms with E-state index in [9.17, 15) is 0 Å². The largest absolute Gasteiger partial charge is 0.302 e. The van der Waals surface area contributed by atoms with Crippen molar-refractivity contribution in [2.45, 2.75) is 31.1 Å². The smallest absolute Gasteiger partial charge is 0.0702 e. The van der Waals surface area contributed by atoms with E-state index in [1.807, 2.05) is 16.9 Å². The standard InChI is InChI=1S/C22H24N4/c1-5-18(15-20(6-1)26-14-4-11-24-26)21-8-7-19(16-23-21)22-9-2-12-25(17-22)13-3-10-22/h1,4-8,11,14-16H,2-3,9-10,12-13,17H2. The van der Waals surface area contributed by atoms with Gasteiger partial charge in [0.15, 0.2) is 0 Å². The van der Waals surface area contributed by atoms with Gasteiger partial charge in [-0.15, -0.1) is 0 Å². The van der Waals surface area contributed by atoms with Crippen LogP contribution >= 0.6 is 0 Å². The van der Waals surface area contributed by atoms with Gasteiger partial charge in [-0.1, -0.05) is 18.2 Å². The van der Waals surface area contributed by atoms with E-state index in [0.29, 0.717) is 5.41 Å². The molecule has 3 aromatic rings. The lowest BCUT2D eigenvalue weighted by Crippen LogP contribution is -2.50. The van der Waals surface area contributed by atoms with Crippen LogP contribution in [0.2, 0.25) is 0 Å². The minimum Gasteiger partial charge on any atom is -0.302 e. The molecule has 5 rings (SSSR count). The molecule has 26 heavy (non-hydrogen) atoms. The van der Waals surface area contributed by atoms with E-state index in [-0.39, 0.29) is 0 Å². The highest BCUT2D eigenvalue weighted by molar-refractivity contribution is 5.62. The summed E-state index contributed by atoms with van der Waals surface area (Å²) in [6.45, 7) is 3.75. The summed E-state index contributed by atoms with van der Waals surface area (Å²) in [4.78, 5) is 7.47. The van der Waals surface area contributed by atoms with Crippen LogP contribution in [0.15, 0.2) is 61.1 Å². The quantitative estimate of drug-likeness (QED) is 0.718. The molecular formula is C22H24N4. The van der Waals surface area contributed by atoms with Gasteiger partial charge in [0.2, 0.25) is 0 Å². The van der Waals surface area contributed by atoms with Crippen LogP contribution in [0.3, 0.4) is 0 Å². The molecule has 0 saturated carbocycles. The normalized spacial score (nSPS) is 25.2. The van der Waals surface area contributed by atoms with Crippen molar-refractivity contribution in [2.24, 2.45) is 0 Å². The second-order valence-electron chi connectivity index (χ2n) is 7.70. The molecular weight excluding hydrogens is 320 g/mol. The Labute approximate surface area is 154 Å². The van der Waals surface area contributed by atoms with Gasteiger partial charge in [0.05, 0.1) is 11.4 Å². The predicted molar refractivity (Wildman–Crippen MR) is 103 cm³/mol. The molecule has 0 aliphatic carbocycles. The van der Waals surface area contributed by atoms with Crippen LogP contribution in [-0.2, 0) is 5.41 Å². The van der Waals surface area contributed by atoms with E-state index in [4.69, 9.17) is 4.98 Å². The van der Waals surface area contributed by atoms with Crippen molar-refractivity contribution in [3.8, 4) is 16.9 Å². The summed E-state index contributed by atoms with van der Waals surface area (Å²) in [5.41, 5.74) is 4.98. The van der Waals surface area contributed by atoms with E-state index >= 15 is 0 Å². The van der Waals surface area contributed by atoms with Gasteiger partial charge in [-0.2, -0.15) is 5.10 Å². The number of piperidine rings is 2. The van der Waals surface area contributed by atoms with Gasteiger partial charge in [0.1, 0.15) is 0 Å². The molecule has 0 spiro atoms. The van der Waals surface area contributed by atoms with Crippen molar-refractivity contribution in [1.29, 1.82) is 0 Å². The summed E-state index contributed by atoms with van der Waals surface area (Å²) in [5.74, 6) is 0. The lowest BCUT2D eigenvalue weighted by molar-refractivity contribution is 0.0941. The maximum absolute atomic E-state index is 4.84. The molecule has 2 saturated heterocycles. The summed E-state index contributed by atoms with van der Waals surface area (Å²) >= 11 is 0. The van der Waals surface area contributed by atoms with Gasteiger partial charge in [-0.3, -0.25) is 4.98 Å². The second kappa shape index (κ2) is 6.36. The molecule has 1 aromatic carbocycles. The number of pyridine rings is 1. The topological polar surface area (TPSA) is 34.0 Å². The molecule has 0 unspecified atom stereocenters. The molecule has 4 heterocycles. The van der Waals surface area contributed by atoms with Crippen LogP contribution in [0.4, 0.5) is 0 Å². The van der Waals surface area contributed by atoms with E-state index < -0.39 is 0 Å². The second-order valence-corrected chi connectivity index (χ2v) is 7.70. The summed E-state index contributed by atoms with van der Waals surface area (Å²) in [7, 11) is 0. The van der Waals surface area contributed by atoms with Gasteiger partial charge in [0, 0.05) is 36.1 Å². The minimum atomic E-state index is 0.332. The average Bonchev–Trinajstić information content (AvgIpc) is 3.23. The lowest BCUT2D eigenvalue weighted by atomic mass is 9.69. The maximum atomic E-state index is 4.84. The number of rotatable bonds is 3. The minimum absolute atomic E-state index is 0.332. The van der Waals surface area contributed by atoms with Gasteiger partial charge >= 0.3 is 0 Å². The zero-order chi connectivity index (χ0) is 17.4. The van der Waals surface area contributed by atoms with Crippen LogP contribution in [0.1, 0.15) is 31.2 Å². The first-order valence-electron chi connectivity index (χ1n) is 9.62. The molecule has 0 atom stereocenters. The Kier molecular flexibility index (Phi) is 3.86. The maximum Gasteiger partial charge on any atom is 0.0702 e. The van der Waals surface area contributed by atoms with E-state index in [1.165, 1.54) is 50.9 Å². The summed E-state index contributed by atoms with van der Waals surface area (Å²) in [5, 5.41) is 4.32. The van der Waals surface area contributed by atoms with Crippen molar-refractivity contribution in [2.75, 3.05) is 19.6 Å². The zero-order valence-electron chi connectivity index (χ0n) is 15.0. The molecule has 2 aliphatic heterocycles. The Hall–Kier alpha value is -2.46. The van der Waals surface area contributed by atoms with E-state index in [2.05, 4.69) is 52.6 Å². The van der Waals surface area contributed by atoms with Crippen molar-refractivity contribution in [3.63, 3.8) is 0 Å². The SMILES string of the molecule is c1cc(-c2ccc(C34CCCN(CCC3)C4)cn2)cc(-n2cccn2)c1. The van der Waals surface area contributed by atoms with Crippen molar-refractivity contribution in [1.82, 2.24) is 19.7 Å². The van der Waals surface area contributed by atoms with E-state index in [0.717, 1.165) is 16.9 Å². The van der Waals surface area contributed by atoms with Crippen LogP contribution in [0.5, 0.6) is 0 Å². The first-order valence-corrected chi connectivity index (χ1v) is 9.62.